The van der Waals surface area contributed by atoms with Gasteiger partial charge in [-0.3, -0.25) is 9.20 Å². The van der Waals surface area contributed by atoms with Crippen molar-refractivity contribution in [2.45, 2.75) is 0 Å². The van der Waals surface area contributed by atoms with E-state index in [0.717, 1.165) is 11.3 Å². The molecule has 0 spiro atoms. The molecule has 0 aliphatic rings. The first kappa shape index (κ1) is 17.1. The topological polar surface area (TPSA) is 68.5 Å². The van der Waals surface area contributed by atoms with Crippen LogP contribution >= 0.6 is 11.6 Å². The highest BCUT2D eigenvalue weighted by molar-refractivity contribution is 6.30. The maximum absolute atomic E-state index is 12.1. The van der Waals surface area contributed by atoms with Crippen molar-refractivity contribution in [2.75, 3.05) is 11.9 Å². The monoisotopic (exact) mass is 378 g/mol. The number of fused-ring (bicyclic) bond motifs is 1. The summed E-state index contributed by atoms with van der Waals surface area (Å²) in [7, 11) is 0. The number of nitrogens with zero attached hydrogens (tertiary/aromatic N) is 3. The summed E-state index contributed by atoms with van der Waals surface area (Å²) in [4.78, 5) is 20.9. The van der Waals surface area contributed by atoms with Gasteiger partial charge in [-0.25, -0.2) is 9.97 Å². The third-order valence-corrected chi connectivity index (χ3v) is 4.11. The Bertz CT molecular complexity index is 1060. The minimum absolute atomic E-state index is 0.0931. The second-order valence-electron chi connectivity index (χ2n) is 5.82. The number of hydrogen-bond donors (Lipinski definition) is 1. The summed E-state index contributed by atoms with van der Waals surface area (Å²) in [5.74, 6) is 0.956. The van der Waals surface area contributed by atoms with E-state index in [1.165, 1.54) is 0 Å². The number of ether oxygens (including phenoxy) is 1. The molecule has 6 nitrogen and oxygen atoms in total. The molecule has 4 rings (SSSR count). The molecule has 0 saturated carbocycles. The molecule has 1 N–H and O–H groups in total. The van der Waals surface area contributed by atoms with Gasteiger partial charge in [0.05, 0.1) is 5.69 Å². The molecule has 0 fully saturated rings. The normalized spacial score (nSPS) is 10.7. The van der Waals surface area contributed by atoms with Gasteiger partial charge in [0.2, 0.25) is 5.78 Å². The fraction of sp³-hybridized carbons (Fsp3) is 0.0500. The van der Waals surface area contributed by atoms with Gasteiger partial charge >= 0.3 is 0 Å². The number of benzene rings is 2. The van der Waals surface area contributed by atoms with Crippen molar-refractivity contribution in [3.05, 3.63) is 78.2 Å². The van der Waals surface area contributed by atoms with Crippen molar-refractivity contribution in [1.29, 1.82) is 0 Å². The molecule has 0 radical (unpaired) electrons. The third kappa shape index (κ3) is 4.07. The number of halogens is 1. The lowest BCUT2D eigenvalue weighted by Crippen LogP contribution is -2.20. The van der Waals surface area contributed by atoms with Gasteiger partial charge in [0, 0.05) is 34.9 Å². The van der Waals surface area contributed by atoms with Crippen molar-refractivity contribution in [3.8, 4) is 17.0 Å². The van der Waals surface area contributed by atoms with Crippen LogP contribution in [0.2, 0.25) is 5.02 Å². The highest BCUT2D eigenvalue weighted by Crippen LogP contribution is 2.22. The molecule has 4 aromatic rings. The van der Waals surface area contributed by atoms with Crippen molar-refractivity contribution in [1.82, 2.24) is 14.4 Å². The molecular formula is C20H15ClN4O2. The highest BCUT2D eigenvalue weighted by Gasteiger charge is 2.08. The average molecular weight is 379 g/mol. The summed E-state index contributed by atoms with van der Waals surface area (Å²) in [5, 5.41) is 3.44. The summed E-state index contributed by atoms with van der Waals surface area (Å²) < 4.78 is 7.30. The molecule has 1 amide bonds. The van der Waals surface area contributed by atoms with Gasteiger partial charge in [-0.05, 0) is 42.5 Å². The molecule has 2 aromatic carbocycles. The van der Waals surface area contributed by atoms with Crippen LogP contribution in [0.15, 0.2) is 73.2 Å². The first-order valence-corrected chi connectivity index (χ1v) is 8.63. The van der Waals surface area contributed by atoms with Crippen molar-refractivity contribution in [2.24, 2.45) is 0 Å². The molecule has 2 heterocycles. The largest absolute Gasteiger partial charge is 0.484 e. The molecule has 0 bridgehead atoms. The van der Waals surface area contributed by atoms with Gasteiger partial charge in [0.15, 0.2) is 6.61 Å². The molecule has 134 valence electrons. The Morgan fingerprint density at radius 3 is 2.81 bits per heavy atom. The zero-order valence-corrected chi connectivity index (χ0v) is 14.9. The summed E-state index contributed by atoms with van der Waals surface area (Å²) in [5.41, 5.74) is 2.33. The Morgan fingerprint density at radius 1 is 1.15 bits per heavy atom. The number of rotatable bonds is 5. The number of carbonyl (C=O) groups excluding carboxylic acids is 1. The Hall–Kier alpha value is -3.38. The minimum atomic E-state index is -0.251. The second-order valence-corrected chi connectivity index (χ2v) is 6.26. The molecule has 2 aromatic heterocycles. The van der Waals surface area contributed by atoms with E-state index >= 15 is 0 Å². The third-order valence-electron chi connectivity index (χ3n) is 3.86. The summed E-state index contributed by atoms with van der Waals surface area (Å²) in [6.07, 6.45) is 5.48. The summed E-state index contributed by atoms with van der Waals surface area (Å²) >= 11 is 5.83. The highest BCUT2D eigenvalue weighted by atomic mass is 35.5. The van der Waals surface area contributed by atoms with Crippen LogP contribution in [-0.4, -0.2) is 26.9 Å². The number of hydrogen-bond acceptors (Lipinski definition) is 4. The van der Waals surface area contributed by atoms with Gasteiger partial charge in [0.1, 0.15) is 5.75 Å². The second kappa shape index (κ2) is 7.47. The molecule has 0 aliphatic carbocycles. The standard InChI is InChI=1S/C20H15ClN4O2/c21-15-5-7-17(8-6-15)27-13-19(26)23-16-4-1-3-14(11-16)18-12-25-10-2-9-22-20(25)24-18/h1-12H,13H2,(H,23,26). The van der Waals surface area contributed by atoms with E-state index in [1.54, 1.807) is 30.5 Å². The lowest BCUT2D eigenvalue weighted by atomic mass is 10.1. The SMILES string of the molecule is O=C(COc1ccc(Cl)cc1)Nc1cccc(-c2cn3cccnc3n2)c1. The van der Waals surface area contributed by atoms with Gasteiger partial charge in [-0.15, -0.1) is 0 Å². The van der Waals surface area contributed by atoms with E-state index in [0.29, 0.717) is 22.2 Å². The van der Waals surface area contributed by atoms with Gasteiger partial charge in [0.25, 0.3) is 5.91 Å². The van der Waals surface area contributed by atoms with Crippen LogP contribution in [0.3, 0.4) is 0 Å². The molecule has 27 heavy (non-hydrogen) atoms. The van der Waals surface area contributed by atoms with Crippen LogP contribution in [0, 0.1) is 0 Å². The predicted octanol–water partition coefficient (Wildman–Crippen LogP) is 4.07. The van der Waals surface area contributed by atoms with E-state index in [1.807, 2.05) is 47.1 Å². The molecular weight excluding hydrogens is 364 g/mol. The van der Waals surface area contributed by atoms with Crippen molar-refractivity contribution in [3.63, 3.8) is 0 Å². The lowest BCUT2D eigenvalue weighted by Gasteiger charge is -2.08. The molecule has 0 saturated heterocycles. The number of anilines is 1. The van der Waals surface area contributed by atoms with E-state index in [2.05, 4.69) is 15.3 Å². The van der Waals surface area contributed by atoms with Gasteiger partial charge in [-0.1, -0.05) is 23.7 Å². The molecule has 0 unspecified atom stereocenters. The number of imidazole rings is 1. The first-order chi connectivity index (χ1) is 13.2. The van der Waals surface area contributed by atoms with Crippen LogP contribution in [0.4, 0.5) is 5.69 Å². The fourth-order valence-electron chi connectivity index (χ4n) is 2.60. The quantitative estimate of drug-likeness (QED) is 0.568. The van der Waals surface area contributed by atoms with E-state index < -0.39 is 0 Å². The smallest absolute Gasteiger partial charge is 0.262 e. The van der Waals surface area contributed by atoms with Crippen LogP contribution in [0.1, 0.15) is 0 Å². The zero-order chi connectivity index (χ0) is 18.6. The zero-order valence-electron chi connectivity index (χ0n) is 14.2. The van der Waals surface area contributed by atoms with Gasteiger partial charge in [-0.2, -0.15) is 0 Å². The molecule has 0 aliphatic heterocycles. The maximum Gasteiger partial charge on any atom is 0.262 e. The Balaban J connectivity index is 1.44. The van der Waals surface area contributed by atoms with E-state index in [4.69, 9.17) is 16.3 Å². The number of aromatic nitrogens is 3. The molecule has 7 heteroatoms. The Kier molecular flexibility index (Phi) is 4.72. The number of carbonyl (C=O) groups is 1. The van der Waals surface area contributed by atoms with E-state index in [9.17, 15) is 4.79 Å². The summed E-state index contributed by atoms with van der Waals surface area (Å²) in [6, 6.07) is 16.2. The Labute approximate surface area is 160 Å². The van der Waals surface area contributed by atoms with Crippen molar-refractivity contribution < 1.29 is 9.53 Å². The van der Waals surface area contributed by atoms with Crippen molar-refractivity contribution >= 4 is 29.0 Å². The van der Waals surface area contributed by atoms with Crippen LogP contribution < -0.4 is 10.1 Å². The van der Waals surface area contributed by atoms with Crippen LogP contribution in [0.5, 0.6) is 5.75 Å². The average Bonchev–Trinajstić information content (AvgIpc) is 3.12. The molecule has 0 atom stereocenters. The number of nitrogens with one attached hydrogen (secondary N) is 1. The Morgan fingerprint density at radius 2 is 2.00 bits per heavy atom. The summed E-state index contributed by atoms with van der Waals surface area (Å²) in [6.45, 7) is -0.0931. The predicted molar refractivity (Wildman–Crippen MR) is 104 cm³/mol. The lowest BCUT2D eigenvalue weighted by molar-refractivity contribution is -0.118. The minimum Gasteiger partial charge on any atom is -0.484 e. The maximum atomic E-state index is 12.1. The number of amides is 1. The fourth-order valence-corrected chi connectivity index (χ4v) is 2.73. The van der Waals surface area contributed by atoms with E-state index in [-0.39, 0.29) is 12.5 Å². The first-order valence-electron chi connectivity index (χ1n) is 8.26. The van der Waals surface area contributed by atoms with Crippen LogP contribution in [-0.2, 0) is 4.79 Å². The van der Waals surface area contributed by atoms with Crippen LogP contribution in [0.25, 0.3) is 17.0 Å². The van der Waals surface area contributed by atoms with Gasteiger partial charge < -0.3 is 10.1 Å².